The Bertz CT molecular complexity index is 590. The molecule has 2 N–H and O–H groups in total. The summed E-state index contributed by atoms with van der Waals surface area (Å²) in [5, 5.41) is 6.48. The Balaban J connectivity index is 2.10. The quantitative estimate of drug-likeness (QED) is 0.844. The van der Waals surface area contributed by atoms with Gasteiger partial charge in [-0.25, -0.2) is 4.98 Å². The highest BCUT2D eigenvalue weighted by Crippen LogP contribution is 2.28. The van der Waals surface area contributed by atoms with Gasteiger partial charge in [0.05, 0.1) is 19.9 Å². The Morgan fingerprint density at radius 3 is 2.60 bits per heavy atom. The van der Waals surface area contributed by atoms with Crippen LogP contribution in [-0.2, 0) is 0 Å². The summed E-state index contributed by atoms with van der Waals surface area (Å²) in [6, 6.07) is 11.0. The lowest BCUT2D eigenvalue weighted by molar-refractivity contribution is 0.405. The summed E-state index contributed by atoms with van der Waals surface area (Å²) in [5.74, 6) is 2.07. The number of aromatic nitrogens is 1. The number of thiocarbonyl (C=S) groups is 1. The zero-order valence-electron chi connectivity index (χ0n) is 11.2. The lowest BCUT2D eigenvalue weighted by Crippen LogP contribution is -2.20. The third-order valence-corrected chi connectivity index (χ3v) is 2.77. The van der Waals surface area contributed by atoms with Crippen molar-refractivity contribution in [2.45, 2.75) is 0 Å². The number of anilines is 2. The summed E-state index contributed by atoms with van der Waals surface area (Å²) in [6.45, 7) is 0. The van der Waals surface area contributed by atoms with Crippen LogP contribution in [0, 0.1) is 0 Å². The average molecular weight is 289 g/mol. The molecule has 0 aliphatic heterocycles. The second-order valence-electron chi connectivity index (χ2n) is 3.86. The molecule has 1 aromatic heterocycles. The molecule has 0 saturated heterocycles. The van der Waals surface area contributed by atoms with E-state index >= 15 is 0 Å². The normalized spacial score (nSPS) is 9.70. The first kappa shape index (κ1) is 14.1. The second kappa shape index (κ2) is 6.72. The number of hydrogen-bond donors (Lipinski definition) is 2. The van der Waals surface area contributed by atoms with Crippen LogP contribution in [0.2, 0.25) is 0 Å². The highest BCUT2D eigenvalue weighted by atomic mass is 32.1. The lowest BCUT2D eigenvalue weighted by atomic mass is 10.2. The lowest BCUT2D eigenvalue weighted by Gasteiger charge is -2.14. The van der Waals surface area contributed by atoms with Gasteiger partial charge in [0.25, 0.3) is 0 Å². The fourth-order valence-corrected chi connectivity index (χ4v) is 1.83. The first-order chi connectivity index (χ1) is 9.72. The summed E-state index contributed by atoms with van der Waals surface area (Å²) in [5.41, 5.74) is 0.722. The van der Waals surface area contributed by atoms with Gasteiger partial charge in [0.1, 0.15) is 17.3 Å². The molecule has 0 aliphatic carbocycles. The van der Waals surface area contributed by atoms with E-state index in [1.54, 1.807) is 20.4 Å². The van der Waals surface area contributed by atoms with Crippen molar-refractivity contribution in [3.05, 3.63) is 42.6 Å². The van der Waals surface area contributed by atoms with Gasteiger partial charge < -0.3 is 20.1 Å². The molecular weight excluding hydrogens is 274 g/mol. The molecule has 0 saturated carbocycles. The van der Waals surface area contributed by atoms with Gasteiger partial charge in [0, 0.05) is 12.3 Å². The van der Waals surface area contributed by atoms with E-state index in [0.717, 1.165) is 5.69 Å². The van der Waals surface area contributed by atoms with E-state index in [9.17, 15) is 0 Å². The van der Waals surface area contributed by atoms with E-state index in [1.165, 1.54) is 0 Å². The van der Waals surface area contributed by atoms with Gasteiger partial charge in [0.15, 0.2) is 5.11 Å². The van der Waals surface area contributed by atoms with Crippen molar-refractivity contribution >= 4 is 28.8 Å². The van der Waals surface area contributed by atoms with Gasteiger partial charge in [-0.15, -0.1) is 0 Å². The molecule has 2 rings (SSSR count). The van der Waals surface area contributed by atoms with Gasteiger partial charge >= 0.3 is 0 Å². The SMILES string of the molecule is COc1ccc(OC)c(NC(=S)Nc2ccccn2)c1. The molecule has 6 heteroatoms. The van der Waals surface area contributed by atoms with Crippen LogP contribution in [0.1, 0.15) is 0 Å². The fourth-order valence-electron chi connectivity index (χ4n) is 1.62. The number of nitrogens with zero attached hydrogens (tertiary/aromatic N) is 1. The van der Waals surface area contributed by atoms with Crippen LogP contribution in [0.25, 0.3) is 0 Å². The molecule has 0 atom stereocenters. The summed E-state index contributed by atoms with van der Waals surface area (Å²) in [6.07, 6.45) is 1.69. The largest absolute Gasteiger partial charge is 0.497 e. The van der Waals surface area contributed by atoms with Gasteiger partial charge in [0.2, 0.25) is 0 Å². The molecule has 1 heterocycles. The minimum Gasteiger partial charge on any atom is -0.497 e. The number of benzene rings is 1. The molecule has 104 valence electrons. The van der Waals surface area contributed by atoms with E-state index in [0.29, 0.717) is 22.4 Å². The van der Waals surface area contributed by atoms with Crippen LogP contribution >= 0.6 is 12.2 Å². The topological polar surface area (TPSA) is 55.4 Å². The van der Waals surface area contributed by atoms with Crippen molar-refractivity contribution in [3.8, 4) is 11.5 Å². The van der Waals surface area contributed by atoms with E-state index in [4.69, 9.17) is 21.7 Å². The Morgan fingerprint density at radius 1 is 1.10 bits per heavy atom. The summed E-state index contributed by atoms with van der Waals surface area (Å²) < 4.78 is 10.5. The molecule has 0 bridgehead atoms. The van der Waals surface area contributed by atoms with Crippen LogP contribution in [0.5, 0.6) is 11.5 Å². The number of nitrogens with one attached hydrogen (secondary N) is 2. The monoisotopic (exact) mass is 289 g/mol. The minimum absolute atomic E-state index is 0.426. The van der Waals surface area contributed by atoms with Crippen molar-refractivity contribution in [2.24, 2.45) is 0 Å². The summed E-state index contributed by atoms with van der Waals surface area (Å²) >= 11 is 5.25. The number of methoxy groups -OCH3 is 2. The van der Waals surface area contributed by atoms with Crippen molar-refractivity contribution in [2.75, 3.05) is 24.9 Å². The van der Waals surface area contributed by atoms with Gasteiger partial charge in [-0.2, -0.15) is 0 Å². The maximum absolute atomic E-state index is 5.27. The van der Waals surface area contributed by atoms with Crippen LogP contribution in [0.3, 0.4) is 0 Å². The molecule has 0 radical (unpaired) electrons. The Labute approximate surface area is 122 Å². The summed E-state index contributed by atoms with van der Waals surface area (Å²) in [7, 11) is 3.21. The molecular formula is C14H15N3O2S. The molecule has 0 amide bonds. The molecule has 0 fully saturated rings. The number of rotatable bonds is 4. The van der Waals surface area contributed by atoms with Gasteiger partial charge in [-0.05, 0) is 36.5 Å². The zero-order valence-corrected chi connectivity index (χ0v) is 12.0. The standard InChI is InChI=1S/C14H15N3O2S/c1-18-10-6-7-12(19-2)11(9-10)16-14(20)17-13-5-3-4-8-15-13/h3-9H,1-2H3,(H2,15,16,17,20). The van der Waals surface area contributed by atoms with E-state index in [-0.39, 0.29) is 0 Å². The van der Waals surface area contributed by atoms with Crippen molar-refractivity contribution < 1.29 is 9.47 Å². The van der Waals surface area contributed by atoms with Crippen molar-refractivity contribution in [3.63, 3.8) is 0 Å². The predicted molar refractivity (Wildman–Crippen MR) is 83.6 cm³/mol. The van der Waals surface area contributed by atoms with E-state index in [1.807, 2.05) is 36.4 Å². The maximum atomic E-state index is 5.27. The highest BCUT2D eigenvalue weighted by molar-refractivity contribution is 7.80. The van der Waals surface area contributed by atoms with E-state index < -0.39 is 0 Å². The Hall–Kier alpha value is -2.34. The molecule has 20 heavy (non-hydrogen) atoms. The number of hydrogen-bond acceptors (Lipinski definition) is 4. The Kier molecular flexibility index (Phi) is 4.73. The molecule has 5 nitrogen and oxygen atoms in total. The average Bonchev–Trinajstić information content (AvgIpc) is 2.48. The highest BCUT2D eigenvalue weighted by Gasteiger charge is 2.07. The Morgan fingerprint density at radius 2 is 1.95 bits per heavy atom. The molecule has 2 aromatic rings. The van der Waals surface area contributed by atoms with Gasteiger partial charge in [-0.1, -0.05) is 6.07 Å². The molecule has 0 spiro atoms. The van der Waals surface area contributed by atoms with Crippen molar-refractivity contribution in [1.29, 1.82) is 0 Å². The third kappa shape index (κ3) is 3.58. The molecule has 0 unspecified atom stereocenters. The first-order valence-corrected chi connectivity index (χ1v) is 6.35. The minimum atomic E-state index is 0.426. The predicted octanol–water partition coefficient (Wildman–Crippen LogP) is 2.91. The molecule has 0 aliphatic rings. The first-order valence-electron chi connectivity index (χ1n) is 5.94. The zero-order chi connectivity index (χ0) is 14.4. The smallest absolute Gasteiger partial charge is 0.176 e. The summed E-state index contributed by atoms with van der Waals surface area (Å²) in [4.78, 5) is 4.14. The van der Waals surface area contributed by atoms with E-state index in [2.05, 4.69) is 15.6 Å². The molecule has 1 aromatic carbocycles. The van der Waals surface area contributed by atoms with Crippen LogP contribution in [0.15, 0.2) is 42.6 Å². The third-order valence-electron chi connectivity index (χ3n) is 2.56. The van der Waals surface area contributed by atoms with Gasteiger partial charge in [-0.3, -0.25) is 0 Å². The van der Waals surface area contributed by atoms with Crippen LogP contribution in [-0.4, -0.2) is 24.3 Å². The maximum Gasteiger partial charge on any atom is 0.176 e. The number of pyridine rings is 1. The second-order valence-corrected chi connectivity index (χ2v) is 4.27. The fraction of sp³-hybridized carbons (Fsp3) is 0.143. The van der Waals surface area contributed by atoms with Crippen molar-refractivity contribution in [1.82, 2.24) is 4.98 Å². The van der Waals surface area contributed by atoms with Crippen LogP contribution in [0.4, 0.5) is 11.5 Å². The number of ether oxygens (including phenoxy) is 2. The van der Waals surface area contributed by atoms with Crippen LogP contribution < -0.4 is 20.1 Å².